The highest BCUT2D eigenvalue weighted by atomic mass is 127. The number of anilines is 2. The summed E-state index contributed by atoms with van der Waals surface area (Å²) >= 11 is 2.22. The van der Waals surface area contributed by atoms with Gasteiger partial charge in [-0.1, -0.05) is 17.7 Å². The normalized spacial score (nSPS) is 15.9. The van der Waals surface area contributed by atoms with E-state index >= 15 is 0 Å². The Kier molecular flexibility index (Phi) is 4.40. The molecule has 0 spiro atoms. The molecule has 4 heteroatoms. The maximum atomic E-state index is 5.58. The van der Waals surface area contributed by atoms with Crippen LogP contribution in [-0.4, -0.2) is 18.1 Å². The van der Waals surface area contributed by atoms with Gasteiger partial charge in [0.2, 0.25) is 0 Å². The molecule has 3 aromatic rings. The zero-order valence-corrected chi connectivity index (χ0v) is 16.9. The van der Waals surface area contributed by atoms with E-state index in [1.807, 2.05) is 12.1 Å². The van der Waals surface area contributed by atoms with Crippen LogP contribution in [-0.2, 0) is 0 Å². The molecule has 0 amide bonds. The van der Waals surface area contributed by atoms with E-state index in [4.69, 9.17) is 5.73 Å². The van der Waals surface area contributed by atoms with Gasteiger partial charge in [0.1, 0.15) is 0 Å². The van der Waals surface area contributed by atoms with Crippen molar-refractivity contribution in [2.24, 2.45) is 0 Å². The van der Waals surface area contributed by atoms with Crippen molar-refractivity contribution in [3.05, 3.63) is 56.8 Å². The maximum Gasteiger partial charge on any atom is 0.0660 e. The summed E-state index contributed by atoms with van der Waals surface area (Å²) in [6, 6.07) is 12.8. The van der Waals surface area contributed by atoms with Gasteiger partial charge in [0.05, 0.1) is 5.69 Å². The number of nitrogens with zero attached hydrogens (tertiary/aromatic N) is 1. The molecule has 3 aliphatic heterocycles. The first kappa shape index (κ1) is 16.8. The Bertz CT molecular complexity index is 920. The molecular weight excluding hydrogens is 421 g/mol. The van der Waals surface area contributed by atoms with E-state index in [1.54, 1.807) is 0 Å². The smallest absolute Gasteiger partial charge is 0.0660 e. The van der Waals surface area contributed by atoms with Crippen molar-refractivity contribution in [1.82, 2.24) is 4.98 Å². The van der Waals surface area contributed by atoms with Crippen molar-refractivity contribution < 1.29 is 0 Å². The largest absolute Gasteiger partial charge is 0.398 e. The molecule has 130 valence electrons. The Balaban J connectivity index is 0.000000150. The summed E-state index contributed by atoms with van der Waals surface area (Å²) in [7, 11) is 0. The van der Waals surface area contributed by atoms with Gasteiger partial charge in [-0.2, -0.15) is 0 Å². The van der Waals surface area contributed by atoms with Crippen molar-refractivity contribution in [2.45, 2.75) is 32.6 Å². The van der Waals surface area contributed by atoms with Crippen molar-refractivity contribution >= 4 is 44.9 Å². The van der Waals surface area contributed by atoms with E-state index in [0.29, 0.717) is 0 Å². The van der Waals surface area contributed by atoms with Gasteiger partial charge in [0.25, 0.3) is 0 Å². The molecule has 3 N–H and O–H groups in total. The molecule has 25 heavy (non-hydrogen) atoms. The molecule has 3 aliphatic rings. The van der Waals surface area contributed by atoms with Gasteiger partial charge in [-0.05, 0) is 79.1 Å². The van der Waals surface area contributed by atoms with Crippen molar-refractivity contribution in [2.75, 3.05) is 23.7 Å². The predicted molar refractivity (Wildman–Crippen MR) is 116 cm³/mol. The summed E-state index contributed by atoms with van der Waals surface area (Å²) in [5.74, 6) is 0.785. The second kappa shape index (κ2) is 6.56. The molecule has 6 rings (SSSR count). The molecule has 0 atom stereocenters. The van der Waals surface area contributed by atoms with Crippen LogP contribution in [0.5, 0.6) is 0 Å². The van der Waals surface area contributed by atoms with Crippen LogP contribution in [0.25, 0.3) is 10.9 Å². The lowest BCUT2D eigenvalue weighted by Gasteiger charge is -2.40. The molecular formula is C21H24IN3. The highest BCUT2D eigenvalue weighted by molar-refractivity contribution is 14.1. The number of rotatable bonds is 0. The van der Waals surface area contributed by atoms with E-state index in [9.17, 15) is 0 Å². The first-order chi connectivity index (χ1) is 12.0. The third-order valence-electron chi connectivity index (χ3n) is 5.33. The molecule has 1 fully saturated rings. The van der Waals surface area contributed by atoms with Crippen molar-refractivity contribution in [3.8, 4) is 0 Å². The highest BCUT2D eigenvalue weighted by Crippen LogP contribution is 2.45. The fraction of sp³-hybridized carbons (Fsp3) is 0.333. The number of aromatic amines is 1. The van der Waals surface area contributed by atoms with Crippen LogP contribution in [0.15, 0.2) is 36.4 Å². The van der Waals surface area contributed by atoms with Crippen molar-refractivity contribution in [1.29, 1.82) is 0 Å². The summed E-state index contributed by atoms with van der Waals surface area (Å²) in [6.45, 7) is 6.73. The Labute approximate surface area is 162 Å². The topological polar surface area (TPSA) is 45.1 Å². The number of nitrogen functional groups attached to an aromatic ring is 1. The van der Waals surface area contributed by atoms with Gasteiger partial charge < -0.3 is 15.6 Å². The van der Waals surface area contributed by atoms with Crippen LogP contribution in [0.4, 0.5) is 11.4 Å². The standard InChI is InChI=1S/C14H16N2.C7H8IN/c1-9-2-3-12-11(8-9)14-13(15-12)10-4-6-16(14)7-5-10;1-5-2-3-7(9)6(8)4-5/h2-3,8,10,15H,4-7H2,1H3;2-4H,9H2,1H3. The van der Waals surface area contributed by atoms with Crippen LogP contribution >= 0.6 is 22.6 Å². The average molecular weight is 445 g/mol. The summed E-state index contributed by atoms with van der Waals surface area (Å²) < 4.78 is 1.13. The molecule has 2 aromatic carbocycles. The molecule has 0 radical (unpaired) electrons. The lowest BCUT2D eigenvalue weighted by molar-refractivity contribution is 0.469. The van der Waals surface area contributed by atoms with E-state index in [-0.39, 0.29) is 0 Å². The van der Waals surface area contributed by atoms with E-state index in [1.165, 1.54) is 59.3 Å². The van der Waals surface area contributed by atoms with Crippen LogP contribution in [0.1, 0.15) is 35.6 Å². The molecule has 2 bridgehead atoms. The van der Waals surface area contributed by atoms with Gasteiger partial charge in [-0.15, -0.1) is 0 Å². The molecule has 1 saturated heterocycles. The lowest BCUT2D eigenvalue weighted by Crippen LogP contribution is -2.38. The number of fused-ring (bicyclic) bond motifs is 3. The van der Waals surface area contributed by atoms with Gasteiger partial charge in [-0.25, -0.2) is 0 Å². The number of aromatic nitrogens is 1. The van der Waals surface area contributed by atoms with E-state index < -0.39 is 0 Å². The SMILES string of the molecule is Cc1ccc(N)c(I)c1.Cc1ccc2[nH]c3c(c2c1)N1CCC3CC1. The number of nitrogens with two attached hydrogens (primary N) is 1. The van der Waals surface area contributed by atoms with Gasteiger partial charge >= 0.3 is 0 Å². The van der Waals surface area contributed by atoms with Crippen LogP contribution in [0, 0.1) is 17.4 Å². The number of hydrogen-bond acceptors (Lipinski definition) is 2. The number of hydrogen-bond donors (Lipinski definition) is 2. The molecule has 0 aliphatic carbocycles. The third kappa shape index (κ3) is 3.12. The minimum atomic E-state index is 0.785. The molecule has 0 unspecified atom stereocenters. The van der Waals surface area contributed by atoms with Gasteiger partial charge in [0.15, 0.2) is 0 Å². The quantitative estimate of drug-likeness (QED) is 0.362. The maximum absolute atomic E-state index is 5.58. The zero-order valence-electron chi connectivity index (χ0n) is 14.8. The molecule has 1 aromatic heterocycles. The first-order valence-corrected chi connectivity index (χ1v) is 9.99. The lowest BCUT2D eigenvalue weighted by atomic mass is 9.87. The van der Waals surface area contributed by atoms with Crippen LogP contribution in [0.3, 0.4) is 0 Å². The van der Waals surface area contributed by atoms with Gasteiger partial charge in [0, 0.05) is 44.9 Å². The Morgan fingerprint density at radius 1 is 1.04 bits per heavy atom. The monoisotopic (exact) mass is 445 g/mol. The summed E-state index contributed by atoms with van der Waals surface area (Å²) in [4.78, 5) is 6.20. The van der Waals surface area contributed by atoms with Crippen LogP contribution in [0.2, 0.25) is 0 Å². The van der Waals surface area contributed by atoms with Crippen LogP contribution < -0.4 is 10.6 Å². The predicted octanol–water partition coefficient (Wildman–Crippen LogP) is 5.36. The zero-order chi connectivity index (χ0) is 17.6. The number of nitrogens with one attached hydrogen (secondary N) is 1. The van der Waals surface area contributed by atoms with E-state index in [2.05, 4.69) is 70.6 Å². The summed E-state index contributed by atoms with van der Waals surface area (Å²) in [6.07, 6.45) is 2.66. The minimum Gasteiger partial charge on any atom is -0.398 e. The van der Waals surface area contributed by atoms with E-state index in [0.717, 1.165) is 15.2 Å². The minimum absolute atomic E-state index is 0.785. The fourth-order valence-electron chi connectivity index (χ4n) is 3.97. The summed E-state index contributed by atoms with van der Waals surface area (Å²) in [5.41, 5.74) is 13.4. The second-order valence-corrected chi connectivity index (χ2v) is 8.38. The number of benzene rings is 2. The number of H-pyrrole nitrogens is 1. The molecule has 3 nitrogen and oxygen atoms in total. The molecule has 4 heterocycles. The third-order valence-corrected chi connectivity index (χ3v) is 6.26. The Morgan fingerprint density at radius 2 is 1.72 bits per heavy atom. The highest BCUT2D eigenvalue weighted by Gasteiger charge is 2.33. The fourth-order valence-corrected chi connectivity index (χ4v) is 4.64. The number of aryl methyl sites for hydroxylation is 2. The summed E-state index contributed by atoms with van der Waals surface area (Å²) in [5, 5.41) is 1.43. The number of halogens is 1. The number of piperidine rings is 1. The average Bonchev–Trinajstić information content (AvgIpc) is 3.01. The Hall–Kier alpha value is -1.69. The first-order valence-electron chi connectivity index (χ1n) is 8.91. The molecule has 0 saturated carbocycles. The second-order valence-electron chi connectivity index (χ2n) is 7.22. The Morgan fingerprint density at radius 3 is 2.40 bits per heavy atom. The van der Waals surface area contributed by atoms with Crippen molar-refractivity contribution in [3.63, 3.8) is 0 Å². The van der Waals surface area contributed by atoms with Gasteiger partial charge in [-0.3, -0.25) is 0 Å².